The zero-order valence-electron chi connectivity index (χ0n) is 13.2. The minimum atomic E-state index is -3.22. The molecule has 1 N–H and O–H groups in total. The van der Waals surface area contributed by atoms with E-state index in [1.54, 1.807) is 13.2 Å². The average Bonchev–Trinajstić information content (AvgIpc) is 3.09. The Morgan fingerprint density at radius 2 is 2.00 bits per heavy atom. The Morgan fingerprint density at radius 1 is 1.22 bits per heavy atom. The summed E-state index contributed by atoms with van der Waals surface area (Å²) in [5.74, 6) is 0.879. The van der Waals surface area contributed by atoms with Gasteiger partial charge in [0.25, 0.3) is 0 Å². The second kappa shape index (κ2) is 6.86. The van der Waals surface area contributed by atoms with Crippen LogP contribution in [0.4, 0.5) is 0 Å². The van der Waals surface area contributed by atoms with Crippen LogP contribution in [0.1, 0.15) is 29.9 Å². The van der Waals surface area contributed by atoms with Gasteiger partial charge >= 0.3 is 0 Å². The number of furan rings is 1. The molecule has 1 atom stereocenters. The minimum Gasteiger partial charge on any atom is -0.468 e. The highest BCUT2D eigenvalue weighted by Gasteiger charge is 2.27. The topological polar surface area (TPSA) is 62.6 Å². The molecular formula is C17H22N2O3S. The zero-order valence-corrected chi connectivity index (χ0v) is 14.1. The van der Waals surface area contributed by atoms with E-state index in [4.69, 9.17) is 4.42 Å². The van der Waals surface area contributed by atoms with E-state index >= 15 is 0 Å². The predicted octanol–water partition coefficient (Wildman–Crippen LogP) is 2.32. The summed E-state index contributed by atoms with van der Waals surface area (Å²) in [5, 5.41) is 0. The van der Waals surface area contributed by atoms with Crippen molar-refractivity contribution in [1.29, 1.82) is 0 Å². The summed E-state index contributed by atoms with van der Waals surface area (Å²) in [7, 11) is -3.22. The monoisotopic (exact) mass is 334 g/mol. The number of rotatable bonds is 6. The molecule has 0 spiro atoms. The number of hydrogen-bond donors (Lipinski definition) is 1. The first-order chi connectivity index (χ1) is 11.1. The van der Waals surface area contributed by atoms with Crippen LogP contribution in [0.3, 0.4) is 0 Å². The molecule has 0 fully saturated rings. The van der Waals surface area contributed by atoms with E-state index in [1.807, 2.05) is 18.2 Å². The van der Waals surface area contributed by atoms with Crippen LogP contribution in [-0.2, 0) is 23.0 Å². The van der Waals surface area contributed by atoms with E-state index < -0.39 is 10.0 Å². The molecule has 1 aromatic heterocycles. The van der Waals surface area contributed by atoms with Gasteiger partial charge in [-0.1, -0.05) is 24.3 Å². The van der Waals surface area contributed by atoms with Crippen LogP contribution in [0.2, 0.25) is 0 Å². The van der Waals surface area contributed by atoms with E-state index in [9.17, 15) is 8.42 Å². The van der Waals surface area contributed by atoms with E-state index in [2.05, 4.69) is 27.8 Å². The van der Waals surface area contributed by atoms with Gasteiger partial charge in [-0.05, 0) is 36.6 Å². The van der Waals surface area contributed by atoms with E-state index in [1.165, 1.54) is 11.1 Å². The van der Waals surface area contributed by atoms with Crippen LogP contribution >= 0.6 is 0 Å². The lowest BCUT2D eigenvalue weighted by atomic mass is 9.98. The summed E-state index contributed by atoms with van der Waals surface area (Å²) < 4.78 is 31.8. The first-order valence-corrected chi connectivity index (χ1v) is 9.56. The fourth-order valence-electron chi connectivity index (χ4n) is 2.98. The number of benzene rings is 1. The Kier molecular flexibility index (Phi) is 4.84. The lowest BCUT2D eigenvalue weighted by molar-refractivity contribution is 0.160. The van der Waals surface area contributed by atoms with Gasteiger partial charge in [0.1, 0.15) is 5.76 Å². The maximum Gasteiger partial charge on any atom is 0.211 e. The second-order valence-electron chi connectivity index (χ2n) is 5.77. The van der Waals surface area contributed by atoms with Crippen LogP contribution in [0.15, 0.2) is 47.1 Å². The Bertz CT molecular complexity index is 741. The van der Waals surface area contributed by atoms with Gasteiger partial charge < -0.3 is 4.42 Å². The Labute approximate surface area is 137 Å². The summed E-state index contributed by atoms with van der Waals surface area (Å²) in [6, 6.07) is 12.1. The molecule has 1 aromatic carbocycles. The maximum absolute atomic E-state index is 11.8. The molecule has 124 valence electrons. The highest BCUT2D eigenvalue weighted by molar-refractivity contribution is 7.89. The Morgan fingerprint density at radius 3 is 2.70 bits per heavy atom. The number of sulfonamides is 1. The molecule has 0 saturated carbocycles. The number of nitrogens with zero attached hydrogens (tertiary/aromatic N) is 1. The van der Waals surface area contributed by atoms with Crippen LogP contribution in [-0.4, -0.2) is 32.2 Å². The Hall–Kier alpha value is -1.63. The molecule has 0 unspecified atom stereocenters. The van der Waals surface area contributed by atoms with Gasteiger partial charge in [-0.15, -0.1) is 0 Å². The summed E-state index contributed by atoms with van der Waals surface area (Å²) >= 11 is 0. The normalized spacial score (nSPS) is 16.9. The van der Waals surface area contributed by atoms with Gasteiger partial charge in [0, 0.05) is 19.6 Å². The molecule has 2 heterocycles. The fraction of sp³-hybridized carbons (Fsp3) is 0.412. The van der Waals surface area contributed by atoms with Gasteiger partial charge in [-0.25, -0.2) is 13.1 Å². The smallest absolute Gasteiger partial charge is 0.211 e. The lowest BCUT2D eigenvalue weighted by Gasteiger charge is -2.34. The van der Waals surface area contributed by atoms with Crippen LogP contribution in [0.25, 0.3) is 0 Å². The third-order valence-corrected chi connectivity index (χ3v) is 5.72. The molecular weight excluding hydrogens is 312 g/mol. The lowest BCUT2D eigenvalue weighted by Crippen LogP contribution is -2.40. The number of nitrogens with one attached hydrogen (secondary N) is 1. The van der Waals surface area contributed by atoms with Gasteiger partial charge in [-0.2, -0.15) is 0 Å². The van der Waals surface area contributed by atoms with Crippen LogP contribution in [0, 0.1) is 0 Å². The molecule has 2 aromatic rings. The SMILES string of the molecule is CCS(=O)(=O)NC[C@H](c1ccco1)N1CCc2ccccc2C1. The minimum absolute atomic E-state index is 0.0840. The van der Waals surface area contributed by atoms with Crippen LogP contribution < -0.4 is 4.72 Å². The molecule has 0 amide bonds. The fourth-order valence-corrected chi connectivity index (χ4v) is 3.60. The summed E-state index contributed by atoms with van der Waals surface area (Å²) in [4.78, 5) is 2.28. The molecule has 0 saturated heterocycles. The Balaban J connectivity index is 1.79. The molecule has 1 aliphatic heterocycles. The molecule has 5 nitrogen and oxygen atoms in total. The van der Waals surface area contributed by atoms with E-state index in [0.717, 1.165) is 25.3 Å². The van der Waals surface area contributed by atoms with Crippen molar-refractivity contribution in [1.82, 2.24) is 9.62 Å². The van der Waals surface area contributed by atoms with E-state index in [-0.39, 0.29) is 11.8 Å². The van der Waals surface area contributed by atoms with Crippen molar-refractivity contribution < 1.29 is 12.8 Å². The largest absolute Gasteiger partial charge is 0.468 e. The van der Waals surface area contributed by atoms with Gasteiger partial charge in [0.2, 0.25) is 10.0 Å². The summed E-state index contributed by atoms with van der Waals surface area (Å²) in [6.07, 6.45) is 2.60. The summed E-state index contributed by atoms with van der Waals surface area (Å²) in [5.41, 5.74) is 2.67. The molecule has 0 aliphatic carbocycles. The maximum atomic E-state index is 11.8. The van der Waals surface area contributed by atoms with Crippen molar-refractivity contribution >= 4 is 10.0 Å². The van der Waals surface area contributed by atoms with Crippen LogP contribution in [0.5, 0.6) is 0 Å². The van der Waals surface area contributed by atoms with Gasteiger partial charge in [0.15, 0.2) is 0 Å². The number of hydrogen-bond acceptors (Lipinski definition) is 4. The third kappa shape index (κ3) is 3.83. The van der Waals surface area contributed by atoms with Crippen molar-refractivity contribution in [3.63, 3.8) is 0 Å². The quantitative estimate of drug-likeness (QED) is 0.881. The molecule has 0 radical (unpaired) electrons. The highest BCUT2D eigenvalue weighted by atomic mass is 32.2. The first-order valence-electron chi connectivity index (χ1n) is 7.90. The van der Waals surface area contributed by atoms with Crippen molar-refractivity contribution in [3.05, 3.63) is 59.5 Å². The zero-order chi connectivity index (χ0) is 16.3. The molecule has 0 bridgehead atoms. The standard InChI is InChI=1S/C17H22N2O3S/c1-2-23(20,21)18-12-16(17-8-5-11-22-17)19-10-9-14-6-3-4-7-15(14)13-19/h3-8,11,16,18H,2,9-10,12-13H2,1H3/t16-/m1/s1. The van der Waals surface area contributed by atoms with Gasteiger partial charge in [0.05, 0.1) is 18.1 Å². The molecule has 3 rings (SSSR count). The third-order valence-electron chi connectivity index (χ3n) is 4.35. The van der Waals surface area contributed by atoms with Crippen molar-refractivity contribution in [2.45, 2.75) is 25.9 Å². The second-order valence-corrected chi connectivity index (χ2v) is 7.87. The van der Waals surface area contributed by atoms with Crippen molar-refractivity contribution in [2.24, 2.45) is 0 Å². The predicted molar refractivity (Wildman–Crippen MR) is 89.5 cm³/mol. The van der Waals surface area contributed by atoms with E-state index in [0.29, 0.717) is 6.54 Å². The molecule has 23 heavy (non-hydrogen) atoms. The first kappa shape index (κ1) is 16.2. The highest BCUT2D eigenvalue weighted by Crippen LogP contribution is 2.28. The average molecular weight is 334 g/mol. The van der Waals surface area contributed by atoms with Gasteiger partial charge in [-0.3, -0.25) is 4.90 Å². The summed E-state index contributed by atoms with van der Waals surface area (Å²) in [6.45, 7) is 3.65. The van der Waals surface area contributed by atoms with Crippen molar-refractivity contribution in [3.8, 4) is 0 Å². The molecule has 6 heteroatoms. The number of fused-ring (bicyclic) bond motifs is 1. The van der Waals surface area contributed by atoms with Crippen molar-refractivity contribution in [2.75, 3.05) is 18.8 Å². The molecule has 1 aliphatic rings.